The molecule has 0 bridgehead atoms. The number of ether oxygens (including phenoxy) is 1. The van der Waals surface area contributed by atoms with Gasteiger partial charge in [-0.05, 0) is 43.5 Å². The van der Waals surface area contributed by atoms with Gasteiger partial charge in [-0.15, -0.1) is 0 Å². The Morgan fingerprint density at radius 1 is 1.52 bits per heavy atom. The molecule has 0 saturated carbocycles. The molecule has 0 aliphatic carbocycles. The molecule has 1 aliphatic rings. The Hall–Kier alpha value is -1.04. The van der Waals surface area contributed by atoms with E-state index in [1.54, 1.807) is 12.1 Å². The highest BCUT2D eigenvalue weighted by atomic mass is 32.1. The van der Waals surface area contributed by atoms with Gasteiger partial charge in [0.1, 0.15) is 10.8 Å². The van der Waals surface area contributed by atoms with Crippen LogP contribution >= 0.6 is 12.2 Å². The molecule has 21 heavy (non-hydrogen) atoms. The standard InChI is InChI=1S/C16H23FN2OS/c1-2-8-20-13-4-3-7-19(11-13)10-12-5-6-15(17)14(9-12)16(18)21/h5-6,9,13H,2-4,7-8,10-11H2,1H3,(H2,18,21). The molecule has 0 amide bonds. The van der Waals surface area contributed by atoms with Crippen molar-refractivity contribution in [1.29, 1.82) is 0 Å². The van der Waals surface area contributed by atoms with Gasteiger partial charge in [0.25, 0.3) is 0 Å². The molecule has 0 radical (unpaired) electrons. The lowest BCUT2D eigenvalue weighted by Gasteiger charge is -2.32. The first kappa shape index (κ1) is 16.3. The lowest BCUT2D eigenvalue weighted by molar-refractivity contribution is -0.00223. The fraction of sp³-hybridized carbons (Fsp3) is 0.562. The Bertz CT molecular complexity index is 495. The van der Waals surface area contributed by atoms with Crippen LogP contribution in [0, 0.1) is 5.82 Å². The molecule has 1 heterocycles. The number of likely N-dealkylation sites (tertiary alicyclic amines) is 1. The van der Waals surface area contributed by atoms with Gasteiger partial charge in [-0.3, -0.25) is 4.90 Å². The summed E-state index contributed by atoms with van der Waals surface area (Å²) in [6.45, 7) is 5.70. The highest BCUT2D eigenvalue weighted by Gasteiger charge is 2.20. The molecule has 3 nitrogen and oxygen atoms in total. The molecule has 1 fully saturated rings. The Labute approximate surface area is 131 Å². The number of halogens is 1. The zero-order chi connectivity index (χ0) is 15.2. The lowest BCUT2D eigenvalue weighted by atomic mass is 10.1. The first-order valence-electron chi connectivity index (χ1n) is 7.52. The summed E-state index contributed by atoms with van der Waals surface area (Å²) in [5.74, 6) is -0.353. The van der Waals surface area contributed by atoms with E-state index in [0.29, 0.717) is 11.7 Å². The Morgan fingerprint density at radius 2 is 2.33 bits per heavy atom. The van der Waals surface area contributed by atoms with E-state index in [1.807, 2.05) is 0 Å². The van der Waals surface area contributed by atoms with Crippen LogP contribution in [0.4, 0.5) is 4.39 Å². The second-order valence-corrected chi connectivity index (χ2v) is 5.99. The zero-order valence-corrected chi connectivity index (χ0v) is 13.3. The van der Waals surface area contributed by atoms with E-state index < -0.39 is 0 Å². The SMILES string of the molecule is CCCOC1CCCN(Cc2ccc(F)c(C(N)=S)c2)C1. The number of hydrogen-bond donors (Lipinski definition) is 1. The zero-order valence-electron chi connectivity index (χ0n) is 12.5. The third-order valence-corrected chi connectivity index (χ3v) is 3.94. The van der Waals surface area contributed by atoms with Crippen molar-refractivity contribution in [3.63, 3.8) is 0 Å². The summed E-state index contributed by atoms with van der Waals surface area (Å²) < 4.78 is 19.4. The summed E-state index contributed by atoms with van der Waals surface area (Å²) in [7, 11) is 0. The first-order valence-corrected chi connectivity index (χ1v) is 7.93. The largest absolute Gasteiger partial charge is 0.389 e. The van der Waals surface area contributed by atoms with Gasteiger partial charge in [-0.2, -0.15) is 0 Å². The molecular formula is C16H23FN2OS. The van der Waals surface area contributed by atoms with Crippen molar-refractivity contribution in [1.82, 2.24) is 4.90 Å². The maximum absolute atomic E-state index is 13.6. The molecule has 0 aromatic heterocycles. The molecule has 5 heteroatoms. The van der Waals surface area contributed by atoms with Crippen LogP contribution in [0.25, 0.3) is 0 Å². The van der Waals surface area contributed by atoms with E-state index >= 15 is 0 Å². The molecule has 116 valence electrons. The van der Waals surface area contributed by atoms with Crippen LogP contribution in [0.2, 0.25) is 0 Å². The predicted octanol–water partition coefficient (Wildman–Crippen LogP) is 2.85. The number of nitrogens with two attached hydrogens (primary N) is 1. The molecule has 1 saturated heterocycles. The van der Waals surface area contributed by atoms with Crippen LogP contribution in [0.15, 0.2) is 18.2 Å². The van der Waals surface area contributed by atoms with Crippen LogP contribution in [0.5, 0.6) is 0 Å². The number of rotatable bonds is 6. The van der Waals surface area contributed by atoms with Gasteiger partial charge in [0.15, 0.2) is 0 Å². The van der Waals surface area contributed by atoms with Crippen molar-refractivity contribution in [3.8, 4) is 0 Å². The van der Waals surface area contributed by atoms with Crippen molar-refractivity contribution in [2.45, 2.75) is 38.8 Å². The molecule has 2 N–H and O–H groups in total. The second kappa shape index (κ2) is 7.82. The van der Waals surface area contributed by atoms with Gasteiger partial charge in [0, 0.05) is 25.3 Å². The summed E-state index contributed by atoms with van der Waals surface area (Å²) in [6, 6.07) is 5.00. The lowest BCUT2D eigenvalue weighted by Crippen LogP contribution is -2.39. The molecule has 1 aromatic rings. The van der Waals surface area contributed by atoms with Crippen molar-refractivity contribution >= 4 is 17.2 Å². The van der Waals surface area contributed by atoms with E-state index in [-0.39, 0.29) is 10.8 Å². The van der Waals surface area contributed by atoms with Crippen LogP contribution in [0.3, 0.4) is 0 Å². The molecule has 1 aromatic carbocycles. The van der Waals surface area contributed by atoms with Crippen LogP contribution in [-0.2, 0) is 11.3 Å². The monoisotopic (exact) mass is 310 g/mol. The van der Waals surface area contributed by atoms with Crippen molar-refractivity contribution < 1.29 is 9.13 Å². The Balaban J connectivity index is 1.97. The quantitative estimate of drug-likeness (QED) is 0.820. The van der Waals surface area contributed by atoms with Crippen molar-refractivity contribution in [2.24, 2.45) is 5.73 Å². The first-order chi connectivity index (χ1) is 10.1. The van der Waals surface area contributed by atoms with Crippen molar-refractivity contribution in [2.75, 3.05) is 19.7 Å². The summed E-state index contributed by atoms with van der Waals surface area (Å²) in [5.41, 5.74) is 6.92. The fourth-order valence-electron chi connectivity index (χ4n) is 2.70. The normalized spacial score (nSPS) is 19.6. The van der Waals surface area contributed by atoms with E-state index in [9.17, 15) is 4.39 Å². The van der Waals surface area contributed by atoms with Gasteiger partial charge in [-0.1, -0.05) is 25.2 Å². The summed E-state index contributed by atoms with van der Waals surface area (Å²) in [6.07, 6.45) is 3.62. The third-order valence-electron chi connectivity index (χ3n) is 3.72. The van der Waals surface area contributed by atoms with E-state index in [1.165, 1.54) is 6.07 Å². The highest BCUT2D eigenvalue weighted by molar-refractivity contribution is 7.80. The summed E-state index contributed by atoms with van der Waals surface area (Å²) in [4.78, 5) is 2.46. The van der Waals surface area contributed by atoms with Gasteiger partial charge in [-0.25, -0.2) is 4.39 Å². The average molecular weight is 310 g/mol. The minimum Gasteiger partial charge on any atom is -0.389 e. The minimum absolute atomic E-state index is 0.108. The minimum atomic E-state index is -0.353. The van der Waals surface area contributed by atoms with E-state index in [0.717, 1.165) is 51.1 Å². The topological polar surface area (TPSA) is 38.5 Å². The molecule has 1 aliphatic heterocycles. The number of benzene rings is 1. The maximum atomic E-state index is 13.6. The average Bonchev–Trinajstić information content (AvgIpc) is 2.47. The Morgan fingerprint density at radius 3 is 3.05 bits per heavy atom. The third kappa shape index (κ3) is 4.73. The highest BCUT2D eigenvalue weighted by Crippen LogP contribution is 2.18. The summed E-state index contributed by atoms with van der Waals surface area (Å²) in [5, 5.41) is 0. The molecule has 1 unspecified atom stereocenters. The van der Waals surface area contributed by atoms with Gasteiger partial charge >= 0.3 is 0 Å². The molecular weight excluding hydrogens is 287 g/mol. The number of thiocarbonyl (C=S) groups is 1. The number of hydrogen-bond acceptors (Lipinski definition) is 3. The predicted molar refractivity (Wildman–Crippen MR) is 86.8 cm³/mol. The summed E-state index contributed by atoms with van der Waals surface area (Å²) >= 11 is 4.88. The molecule has 1 atom stereocenters. The smallest absolute Gasteiger partial charge is 0.133 e. The van der Waals surface area contributed by atoms with E-state index in [2.05, 4.69) is 11.8 Å². The van der Waals surface area contributed by atoms with Crippen LogP contribution < -0.4 is 5.73 Å². The fourth-order valence-corrected chi connectivity index (χ4v) is 2.85. The maximum Gasteiger partial charge on any atom is 0.133 e. The number of piperidine rings is 1. The van der Waals surface area contributed by atoms with Crippen LogP contribution in [0.1, 0.15) is 37.3 Å². The van der Waals surface area contributed by atoms with E-state index in [4.69, 9.17) is 22.7 Å². The van der Waals surface area contributed by atoms with Gasteiger partial charge in [0.05, 0.1) is 6.10 Å². The van der Waals surface area contributed by atoms with Gasteiger partial charge in [0.2, 0.25) is 0 Å². The van der Waals surface area contributed by atoms with Crippen LogP contribution in [-0.4, -0.2) is 35.7 Å². The Kier molecular flexibility index (Phi) is 6.08. The number of nitrogens with zero attached hydrogens (tertiary/aromatic N) is 1. The van der Waals surface area contributed by atoms with Crippen molar-refractivity contribution in [3.05, 3.63) is 35.1 Å². The van der Waals surface area contributed by atoms with Gasteiger partial charge < -0.3 is 10.5 Å². The molecule has 2 rings (SSSR count). The molecule has 0 spiro atoms. The second-order valence-electron chi connectivity index (χ2n) is 5.55.